The van der Waals surface area contributed by atoms with Crippen molar-refractivity contribution >= 4 is 23.6 Å². The fourth-order valence-electron chi connectivity index (χ4n) is 0.936. The lowest BCUT2D eigenvalue weighted by Gasteiger charge is -2.19. The molecule has 4 amide bonds. The number of carbonyl (C=O) groups excluding carboxylic acids is 4. The average Bonchev–Trinajstić information content (AvgIpc) is 2.14. The van der Waals surface area contributed by atoms with Crippen LogP contribution in [0.3, 0.4) is 0 Å². The first-order chi connectivity index (χ1) is 7.77. The van der Waals surface area contributed by atoms with Crippen molar-refractivity contribution in [2.24, 2.45) is 0 Å². The van der Waals surface area contributed by atoms with Crippen LogP contribution in [0.4, 0.5) is 0 Å². The summed E-state index contributed by atoms with van der Waals surface area (Å²) in [4.78, 5) is 52.9. The number of carbonyl (C=O) groups is 4. The first kappa shape index (κ1) is 15.2. The van der Waals surface area contributed by atoms with Crippen molar-refractivity contribution < 1.29 is 28.9 Å². The maximum atomic E-state index is 10.9. The Hall–Kier alpha value is -1.80. The largest absolute Gasteiger partial charge is 0.272 e. The van der Waals surface area contributed by atoms with Crippen LogP contribution in [0.15, 0.2) is 0 Å². The van der Waals surface area contributed by atoms with Gasteiger partial charge in [-0.3, -0.25) is 19.2 Å². The molecule has 8 nitrogen and oxygen atoms in total. The van der Waals surface area contributed by atoms with Gasteiger partial charge in [0.15, 0.2) is 0 Å². The minimum atomic E-state index is -0.640. The van der Waals surface area contributed by atoms with E-state index in [0.717, 1.165) is 27.7 Å². The molecule has 0 aliphatic carbocycles. The molecule has 0 aromatic heterocycles. The fourth-order valence-corrected chi connectivity index (χ4v) is 0.936. The van der Waals surface area contributed by atoms with Gasteiger partial charge in [0.25, 0.3) is 0 Å². The molecule has 8 heteroatoms. The number of hydroxylamine groups is 4. The third-order valence-electron chi connectivity index (χ3n) is 1.51. The smallest absolute Gasteiger partial charge is 0.250 e. The van der Waals surface area contributed by atoms with Crippen LogP contribution in [0.25, 0.3) is 0 Å². The van der Waals surface area contributed by atoms with E-state index in [2.05, 4.69) is 9.68 Å². The van der Waals surface area contributed by atoms with Crippen molar-refractivity contribution in [2.45, 2.75) is 27.7 Å². The van der Waals surface area contributed by atoms with Gasteiger partial charge in [-0.1, -0.05) is 0 Å². The minimum absolute atomic E-state index is 0.457. The zero-order valence-corrected chi connectivity index (χ0v) is 10.1. The van der Waals surface area contributed by atoms with Crippen LogP contribution in [-0.2, 0) is 28.9 Å². The molecule has 0 heterocycles. The molecule has 96 valence electrons. The molecule has 17 heavy (non-hydrogen) atoms. The number of hydrogen-bond acceptors (Lipinski definition) is 6. The molecule has 0 N–H and O–H groups in total. The van der Waals surface area contributed by atoms with Crippen LogP contribution < -0.4 is 0 Å². The summed E-state index contributed by atoms with van der Waals surface area (Å²) in [6.07, 6.45) is 0. The molecule has 0 aliphatic rings. The van der Waals surface area contributed by atoms with Crippen LogP contribution in [0.1, 0.15) is 27.7 Å². The van der Waals surface area contributed by atoms with E-state index in [9.17, 15) is 19.2 Å². The summed E-state index contributed by atoms with van der Waals surface area (Å²) < 4.78 is 0. The van der Waals surface area contributed by atoms with Crippen molar-refractivity contribution in [2.75, 3.05) is 6.79 Å². The molecular weight excluding hydrogens is 232 g/mol. The van der Waals surface area contributed by atoms with Gasteiger partial charge in [-0.15, -0.1) is 0 Å². The van der Waals surface area contributed by atoms with Gasteiger partial charge in [0, 0.05) is 27.7 Å². The lowest BCUT2D eigenvalue weighted by atomic mass is 10.6. The van der Waals surface area contributed by atoms with Gasteiger partial charge in [0.1, 0.15) is 0 Å². The van der Waals surface area contributed by atoms with Crippen LogP contribution >= 0.6 is 0 Å². The molecule has 0 bridgehead atoms. The van der Waals surface area contributed by atoms with E-state index >= 15 is 0 Å². The number of amides is 4. The molecule has 0 unspecified atom stereocenters. The van der Waals surface area contributed by atoms with Crippen molar-refractivity contribution in [1.82, 2.24) is 10.1 Å². The van der Waals surface area contributed by atoms with E-state index in [0.29, 0.717) is 10.1 Å². The Labute approximate surface area is 98.0 Å². The molecule has 0 rings (SSSR count). The van der Waals surface area contributed by atoms with Gasteiger partial charge in [0.2, 0.25) is 30.4 Å². The topological polar surface area (TPSA) is 93.2 Å². The highest BCUT2D eigenvalue weighted by Gasteiger charge is 2.18. The maximum absolute atomic E-state index is 10.9. The van der Waals surface area contributed by atoms with E-state index < -0.39 is 30.4 Å². The highest BCUT2D eigenvalue weighted by Crippen LogP contribution is 1.97. The Balaban J connectivity index is 4.29. The molecular formula is C9H14N2O6. The Kier molecular flexibility index (Phi) is 6.00. The number of rotatable bonds is 4. The first-order valence-electron chi connectivity index (χ1n) is 4.65. The van der Waals surface area contributed by atoms with E-state index in [1.165, 1.54) is 0 Å². The second kappa shape index (κ2) is 6.71. The van der Waals surface area contributed by atoms with Gasteiger partial charge < -0.3 is 0 Å². The van der Waals surface area contributed by atoms with Gasteiger partial charge in [-0.25, -0.2) is 9.68 Å². The van der Waals surface area contributed by atoms with Gasteiger partial charge in [-0.05, 0) is 0 Å². The van der Waals surface area contributed by atoms with Crippen LogP contribution in [0.2, 0.25) is 0 Å². The molecule has 0 spiro atoms. The Morgan fingerprint density at radius 2 is 0.941 bits per heavy atom. The quantitative estimate of drug-likeness (QED) is 0.495. The van der Waals surface area contributed by atoms with Crippen molar-refractivity contribution in [3.63, 3.8) is 0 Å². The highest BCUT2D eigenvalue weighted by molar-refractivity contribution is 5.91. The third kappa shape index (κ3) is 5.18. The fraction of sp³-hybridized carbons (Fsp3) is 0.556. The summed E-state index contributed by atoms with van der Waals surface area (Å²) in [6, 6.07) is 0. The monoisotopic (exact) mass is 246 g/mol. The minimum Gasteiger partial charge on any atom is -0.272 e. The summed E-state index contributed by atoms with van der Waals surface area (Å²) in [5.74, 6) is -2.56. The predicted molar refractivity (Wildman–Crippen MR) is 53.4 cm³/mol. The molecule has 0 saturated heterocycles. The summed E-state index contributed by atoms with van der Waals surface area (Å²) in [5.41, 5.74) is 0. The van der Waals surface area contributed by atoms with Gasteiger partial charge >= 0.3 is 0 Å². The molecule has 0 fully saturated rings. The lowest BCUT2D eigenvalue weighted by Crippen LogP contribution is -2.38. The summed E-state index contributed by atoms with van der Waals surface area (Å²) in [5, 5.41) is 0.914. The normalized spacial score (nSPS) is 9.65. The van der Waals surface area contributed by atoms with E-state index in [-0.39, 0.29) is 0 Å². The third-order valence-corrected chi connectivity index (χ3v) is 1.51. The van der Waals surface area contributed by atoms with Crippen molar-refractivity contribution in [3.8, 4) is 0 Å². The zero-order chi connectivity index (χ0) is 13.6. The van der Waals surface area contributed by atoms with E-state index in [1.807, 2.05) is 0 Å². The highest BCUT2D eigenvalue weighted by atomic mass is 16.8. The lowest BCUT2D eigenvalue weighted by molar-refractivity contribution is -0.266. The summed E-state index contributed by atoms with van der Waals surface area (Å²) in [7, 11) is 0. The summed E-state index contributed by atoms with van der Waals surface area (Å²) >= 11 is 0. The molecule has 0 radical (unpaired) electrons. The van der Waals surface area contributed by atoms with Crippen LogP contribution in [0.5, 0.6) is 0 Å². The maximum Gasteiger partial charge on any atom is 0.250 e. The van der Waals surface area contributed by atoms with E-state index in [1.54, 1.807) is 0 Å². The van der Waals surface area contributed by atoms with Gasteiger partial charge in [-0.2, -0.15) is 10.1 Å². The first-order valence-corrected chi connectivity index (χ1v) is 4.65. The number of nitrogens with zero attached hydrogens (tertiary/aromatic N) is 2. The van der Waals surface area contributed by atoms with Crippen LogP contribution in [0, 0.1) is 0 Å². The van der Waals surface area contributed by atoms with Crippen LogP contribution in [-0.4, -0.2) is 40.5 Å². The molecule has 0 atom stereocenters. The standard InChI is InChI=1S/C9H14N2O6/c1-6(12)10(7(2)13)16-5-17-11(8(3)14)9(4)15/h5H2,1-4H3. The number of imide groups is 2. The second-order valence-corrected chi connectivity index (χ2v) is 3.04. The van der Waals surface area contributed by atoms with E-state index in [4.69, 9.17) is 0 Å². The van der Waals surface area contributed by atoms with Crippen molar-refractivity contribution in [3.05, 3.63) is 0 Å². The van der Waals surface area contributed by atoms with Gasteiger partial charge in [0.05, 0.1) is 0 Å². The molecule has 0 saturated carbocycles. The SMILES string of the molecule is CC(=O)N(OCON(C(C)=O)C(C)=O)C(C)=O. The molecule has 0 aromatic carbocycles. The Bertz CT molecular complexity index is 280. The predicted octanol–water partition coefficient (Wildman–Crippen LogP) is -0.403. The second-order valence-electron chi connectivity index (χ2n) is 3.04. The zero-order valence-electron chi connectivity index (χ0n) is 10.1. The Morgan fingerprint density at radius 3 is 1.12 bits per heavy atom. The molecule has 0 aliphatic heterocycles. The summed E-state index contributed by atoms with van der Waals surface area (Å²) in [6.45, 7) is 3.87. The average molecular weight is 246 g/mol. The number of hydrogen-bond donors (Lipinski definition) is 0. The van der Waals surface area contributed by atoms with Crippen molar-refractivity contribution in [1.29, 1.82) is 0 Å². The molecule has 0 aromatic rings. The Morgan fingerprint density at radius 1 is 0.706 bits per heavy atom.